The van der Waals surface area contributed by atoms with E-state index in [0.29, 0.717) is 17.3 Å². The molecule has 1 saturated carbocycles. The number of halogens is 2. The van der Waals surface area contributed by atoms with Gasteiger partial charge in [0.2, 0.25) is 5.91 Å². The van der Waals surface area contributed by atoms with Crippen LogP contribution in [0.2, 0.25) is 5.02 Å². The van der Waals surface area contributed by atoms with Gasteiger partial charge in [0.1, 0.15) is 0 Å². The van der Waals surface area contributed by atoms with E-state index >= 15 is 0 Å². The molecular formula is C20H25Cl2N3O2. The predicted molar refractivity (Wildman–Crippen MR) is 112 cm³/mol. The van der Waals surface area contributed by atoms with Gasteiger partial charge < -0.3 is 15.6 Å². The molecule has 0 bridgehead atoms. The van der Waals surface area contributed by atoms with Gasteiger partial charge in [0.25, 0.3) is 5.56 Å². The van der Waals surface area contributed by atoms with Gasteiger partial charge in [-0.2, -0.15) is 0 Å². The summed E-state index contributed by atoms with van der Waals surface area (Å²) in [6.45, 7) is 2.29. The molecule has 0 radical (unpaired) electrons. The van der Waals surface area contributed by atoms with E-state index in [-0.39, 0.29) is 29.8 Å². The van der Waals surface area contributed by atoms with E-state index in [1.54, 1.807) is 22.9 Å². The summed E-state index contributed by atoms with van der Waals surface area (Å²) in [5, 5.41) is 3.53. The summed E-state index contributed by atoms with van der Waals surface area (Å²) in [7, 11) is 0. The van der Waals surface area contributed by atoms with Crippen LogP contribution in [0, 0.1) is 5.92 Å². The number of benzene rings is 1. The van der Waals surface area contributed by atoms with E-state index in [1.807, 2.05) is 25.1 Å². The van der Waals surface area contributed by atoms with E-state index in [0.717, 1.165) is 31.2 Å². The standard InChI is InChI=1S/C20H24ClN3O2.ClH/c1-20(22)11-5-4-7-16(20)19(26)23-15-9-10-18(25)24(13-15)12-14-6-2-3-8-17(14)21;/h2-3,6,8-10,13,16H,4-5,7,11-12,22H2,1H3,(H,23,26);1H. The lowest BCUT2D eigenvalue weighted by Crippen LogP contribution is -2.51. The van der Waals surface area contributed by atoms with Crippen molar-refractivity contribution < 1.29 is 4.79 Å². The van der Waals surface area contributed by atoms with E-state index in [2.05, 4.69) is 5.32 Å². The van der Waals surface area contributed by atoms with Gasteiger partial charge >= 0.3 is 0 Å². The number of nitrogens with zero attached hydrogens (tertiary/aromatic N) is 1. The molecule has 1 aliphatic carbocycles. The third-order valence-electron chi connectivity index (χ3n) is 5.12. The lowest BCUT2D eigenvalue weighted by Gasteiger charge is -2.37. The van der Waals surface area contributed by atoms with Gasteiger partial charge in [-0.3, -0.25) is 9.59 Å². The van der Waals surface area contributed by atoms with Gasteiger partial charge in [-0.25, -0.2) is 0 Å². The van der Waals surface area contributed by atoms with Crippen LogP contribution in [-0.4, -0.2) is 16.0 Å². The van der Waals surface area contributed by atoms with Gasteiger partial charge in [-0.05, 0) is 37.5 Å². The molecule has 7 heteroatoms. The summed E-state index contributed by atoms with van der Waals surface area (Å²) in [6, 6.07) is 10.5. The van der Waals surface area contributed by atoms with Gasteiger partial charge in [-0.15, -0.1) is 12.4 Å². The smallest absolute Gasteiger partial charge is 0.250 e. The zero-order valence-corrected chi connectivity index (χ0v) is 16.9. The number of hydrogen-bond donors (Lipinski definition) is 2. The fourth-order valence-corrected chi connectivity index (χ4v) is 3.75. The number of carbonyl (C=O) groups excluding carboxylic acids is 1. The van der Waals surface area contributed by atoms with Crippen molar-refractivity contribution in [3.05, 3.63) is 63.5 Å². The first-order valence-electron chi connectivity index (χ1n) is 8.90. The quantitative estimate of drug-likeness (QED) is 0.805. The van der Waals surface area contributed by atoms with Gasteiger partial charge in [0, 0.05) is 22.8 Å². The number of anilines is 1. The van der Waals surface area contributed by atoms with Crippen LogP contribution in [0.4, 0.5) is 5.69 Å². The number of amides is 1. The molecule has 0 saturated heterocycles. The number of carbonyl (C=O) groups is 1. The molecule has 5 nitrogen and oxygen atoms in total. The van der Waals surface area contributed by atoms with Crippen LogP contribution in [-0.2, 0) is 11.3 Å². The second-order valence-electron chi connectivity index (χ2n) is 7.27. The first kappa shape index (κ1) is 21.5. The number of pyridine rings is 1. The third kappa shape index (κ3) is 5.12. The maximum Gasteiger partial charge on any atom is 0.250 e. The highest BCUT2D eigenvalue weighted by atomic mass is 35.5. The van der Waals surface area contributed by atoms with Crippen molar-refractivity contribution >= 4 is 35.6 Å². The van der Waals surface area contributed by atoms with Crippen molar-refractivity contribution in [3.63, 3.8) is 0 Å². The molecule has 3 N–H and O–H groups in total. The Labute approximate surface area is 170 Å². The third-order valence-corrected chi connectivity index (χ3v) is 5.49. The van der Waals surface area contributed by atoms with Gasteiger partial charge in [0.15, 0.2) is 0 Å². The first-order valence-corrected chi connectivity index (χ1v) is 9.28. The van der Waals surface area contributed by atoms with Crippen molar-refractivity contribution in [1.82, 2.24) is 4.57 Å². The minimum atomic E-state index is -0.492. The zero-order valence-electron chi connectivity index (χ0n) is 15.3. The van der Waals surface area contributed by atoms with Crippen LogP contribution in [0.15, 0.2) is 47.4 Å². The van der Waals surface area contributed by atoms with Crippen LogP contribution in [0.3, 0.4) is 0 Å². The molecule has 2 atom stereocenters. The monoisotopic (exact) mass is 409 g/mol. The largest absolute Gasteiger partial charge is 0.325 e. The normalized spacial score (nSPS) is 22.0. The lowest BCUT2D eigenvalue weighted by molar-refractivity contribution is -0.122. The van der Waals surface area contributed by atoms with E-state index in [1.165, 1.54) is 6.07 Å². The summed E-state index contributed by atoms with van der Waals surface area (Å²) in [5.74, 6) is -0.308. The molecule has 2 aromatic rings. The second kappa shape index (κ2) is 8.91. The summed E-state index contributed by atoms with van der Waals surface area (Å²) >= 11 is 6.18. The number of rotatable bonds is 4. The minimum Gasteiger partial charge on any atom is -0.325 e. The summed E-state index contributed by atoms with van der Waals surface area (Å²) < 4.78 is 1.54. The van der Waals surface area contributed by atoms with Crippen molar-refractivity contribution in [2.75, 3.05) is 5.32 Å². The van der Waals surface area contributed by atoms with E-state index < -0.39 is 5.54 Å². The molecule has 1 aromatic heterocycles. The second-order valence-corrected chi connectivity index (χ2v) is 7.68. The Morgan fingerprint density at radius 2 is 2.04 bits per heavy atom. The Balaban J connectivity index is 0.00000261. The van der Waals surface area contributed by atoms with Crippen molar-refractivity contribution in [3.8, 4) is 0 Å². The SMILES string of the molecule is CC1(N)CCCCC1C(=O)Nc1ccc(=O)n(Cc2ccccc2Cl)c1.Cl. The minimum absolute atomic E-state index is 0. The number of hydrogen-bond acceptors (Lipinski definition) is 3. The average Bonchev–Trinajstić information content (AvgIpc) is 2.59. The van der Waals surface area contributed by atoms with E-state index in [4.69, 9.17) is 17.3 Å². The Hall–Kier alpha value is -1.82. The van der Waals surface area contributed by atoms with Gasteiger partial charge in [-0.1, -0.05) is 42.6 Å². The number of nitrogens with two attached hydrogens (primary N) is 1. The van der Waals surface area contributed by atoms with Crippen LogP contribution >= 0.6 is 24.0 Å². The Bertz CT molecular complexity index is 864. The molecule has 2 unspecified atom stereocenters. The molecule has 146 valence electrons. The highest BCUT2D eigenvalue weighted by Crippen LogP contribution is 2.32. The van der Waals surface area contributed by atoms with Crippen molar-refractivity contribution in [2.45, 2.75) is 44.7 Å². The van der Waals surface area contributed by atoms with Crippen LogP contribution < -0.4 is 16.6 Å². The topological polar surface area (TPSA) is 77.1 Å². The Morgan fingerprint density at radius 3 is 2.74 bits per heavy atom. The van der Waals surface area contributed by atoms with E-state index in [9.17, 15) is 9.59 Å². The maximum absolute atomic E-state index is 12.7. The predicted octanol–water partition coefficient (Wildman–Crippen LogP) is 3.82. The van der Waals surface area contributed by atoms with Crippen LogP contribution in [0.1, 0.15) is 38.2 Å². The fraction of sp³-hybridized carbons (Fsp3) is 0.400. The molecule has 0 aliphatic heterocycles. The van der Waals surface area contributed by atoms with Gasteiger partial charge in [0.05, 0.1) is 18.2 Å². The molecule has 3 rings (SSSR count). The number of aromatic nitrogens is 1. The highest BCUT2D eigenvalue weighted by molar-refractivity contribution is 6.31. The fourth-order valence-electron chi connectivity index (χ4n) is 3.56. The number of nitrogens with one attached hydrogen (secondary N) is 1. The molecule has 27 heavy (non-hydrogen) atoms. The summed E-state index contributed by atoms with van der Waals surface area (Å²) in [4.78, 5) is 24.9. The molecular weight excluding hydrogens is 385 g/mol. The molecule has 1 aromatic carbocycles. The Morgan fingerprint density at radius 1 is 1.30 bits per heavy atom. The first-order chi connectivity index (χ1) is 12.4. The summed E-state index contributed by atoms with van der Waals surface area (Å²) in [6.07, 6.45) is 5.35. The maximum atomic E-state index is 12.7. The molecule has 1 aliphatic rings. The molecule has 1 amide bonds. The lowest BCUT2D eigenvalue weighted by atomic mass is 9.74. The molecule has 1 heterocycles. The van der Waals surface area contributed by atoms with Crippen molar-refractivity contribution in [2.24, 2.45) is 11.7 Å². The summed E-state index contributed by atoms with van der Waals surface area (Å²) in [5.41, 5.74) is 7.11. The zero-order chi connectivity index (χ0) is 18.7. The highest BCUT2D eigenvalue weighted by Gasteiger charge is 2.37. The van der Waals surface area contributed by atoms with Crippen molar-refractivity contribution in [1.29, 1.82) is 0 Å². The average molecular weight is 410 g/mol. The Kier molecular flexibility index (Phi) is 7.09. The van der Waals surface area contributed by atoms with Crippen LogP contribution in [0.25, 0.3) is 0 Å². The molecule has 0 spiro atoms. The molecule has 1 fully saturated rings. The van der Waals surface area contributed by atoms with Crippen LogP contribution in [0.5, 0.6) is 0 Å².